The topological polar surface area (TPSA) is 58.5 Å². The van der Waals surface area contributed by atoms with Gasteiger partial charge >= 0.3 is 0 Å². The Hall–Kier alpha value is -1.82. The summed E-state index contributed by atoms with van der Waals surface area (Å²) < 4.78 is 5.92. The minimum absolute atomic E-state index is 0.0956. The molecule has 138 valence electrons. The first-order chi connectivity index (χ1) is 12.6. The summed E-state index contributed by atoms with van der Waals surface area (Å²) in [6.07, 6.45) is 7.23. The Labute approximate surface area is 155 Å². The second-order valence-corrected chi connectivity index (χ2v) is 7.72. The number of aliphatic hydroxyl groups is 1. The van der Waals surface area contributed by atoms with Crippen molar-refractivity contribution in [3.8, 4) is 11.4 Å². The molecule has 26 heavy (non-hydrogen) atoms. The fourth-order valence-corrected chi connectivity index (χ4v) is 4.56. The first-order valence-corrected chi connectivity index (χ1v) is 9.45. The zero-order chi connectivity index (χ0) is 18.1. The zero-order valence-electron chi connectivity index (χ0n) is 15.6. The Balaban J connectivity index is 1.49. The van der Waals surface area contributed by atoms with Crippen LogP contribution in [0.4, 0.5) is 0 Å². The maximum Gasteiger partial charge on any atom is 0.159 e. The molecular weight excluding hydrogens is 326 g/mol. The number of aliphatic hydroxyl groups excluding tert-OH is 1. The van der Waals surface area contributed by atoms with Gasteiger partial charge in [-0.3, -0.25) is 4.90 Å². The van der Waals surface area contributed by atoms with E-state index in [1.54, 1.807) is 0 Å². The Bertz CT molecular complexity index is 764. The number of aryl methyl sites for hydroxylation is 1. The van der Waals surface area contributed by atoms with Crippen LogP contribution in [-0.4, -0.2) is 51.4 Å². The highest BCUT2D eigenvalue weighted by molar-refractivity contribution is 5.55. The van der Waals surface area contributed by atoms with Gasteiger partial charge in [0.05, 0.1) is 11.7 Å². The molecule has 2 fully saturated rings. The smallest absolute Gasteiger partial charge is 0.159 e. The molecule has 1 aromatic carbocycles. The molecular formula is C21H27N3O2. The molecule has 1 saturated carbocycles. The molecule has 1 N–H and O–H groups in total. The van der Waals surface area contributed by atoms with Gasteiger partial charge in [-0.15, -0.1) is 0 Å². The first kappa shape index (κ1) is 17.6. The Kier molecular flexibility index (Phi) is 4.78. The summed E-state index contributed by atoms with van der Waals surface area (Å²) in [6.45, 7) is 3.87. The lowest BCUT2D eigenvalue weighted by Crippen LogP contribution is -2.51. The van der Waals surface area contributed by atoms with Gasteiger partial charge in [-0.05, 0) is 38.7 Å². The molecule has 5 heteroatoms. The van der Waals surface area contributed by atoms with Gasteiger partial charge in [0.2, 0.25) is 0 Å². The Morgan fingerprint density at radius 3 is 2.81 bits per heavy atom. The Morgan fingerprint density at radius 2 is 2.08 bits per heavy atom. The lowest BCUT2D eigenvalue weighted by atomic mass is 9.79. The van der Waals surface area contributed by atoms with Gasteiger partial charge in [-0.2, -0.15) is 0 Å². The normalized spacial score (nSPS) is 28.9. The molecule has 4 rings (SSSR count). The molecule has 2 unspecified atom stereocenters. The van der Waals surface area contributed by atoms with Gasteiger partial charge in [0.25, 0.3) is 0 Å². The average Bonchev–Trinajstić information content (AvgIpc) is 3.01. The lowest BCUT2D eigenvalue weighted by molar-refractivity contribution is -0.0879. The molecule has 5 nitrogen and oxygen atoms in total. The standard InChI is InChI=1S/C21H27N3O2/c1-15-4-3-5-17(10-15)20-22-12-16(13-23-20)14-24-9-8-21(26-2)7-6-18(25)11-19(21)24/h3-5,10,12-13,18-19,25H,6-9,11,14H2,1-2H3/t18?,19?,21-/m1/s1. The number of rotatable bonds is 4. The van der Waals surface area contributed by atoms with E-state index in [-0.39, 0.29) is 17.7 Å². The van der Waals surface area contributed by atoms with Crippen molar-refractivity contribution < 1.29 is 9.84 Å². The van der Waals surface area contributed by atoms with Crippen LogP contribution in [0, 0.1) is 6.92 Å². The molecule has 0 amide bonds. The number of benzene rings is 1. The van der Waals surface area contributed by atoms with Crippen molar-refractivity contribution in [3.05, 3.63) is 47.8 Å². The lowest BCUT2D eigenvalue weighted by Gasteiger charge is -2.42. The number of nitrogens with zero attached hydrogens (tertiary/aromatic N) is 3. The molecule has 1 aromatic heterocycles. The van der Waals surface area contributed by atoms with Crippen LogP contribution in [0.1, 0.15) is 36.8 Å². The fraction of sp³-hybridized carbons (Fsp3) is 0.524. The van der Waals surface area contributed by atoms with E-state index in [4.69, 9.17) is 4.74 Å². The maximum absolute atomic E-state index is 10.1. The molecule has 1 saturated heterocycles. The second-order valence-electron chi connectivity index (χ2n) is 7.72. The van der Waals surface area contributed by atoms with Gasteiger partial charge in [0, 0.05) is 49.8 Å². The average molecular weight is 353 g/mol. The monoisotopic (exact) mass is 353 g/mol. The highest BCUT2D eigenvalue weighted by Crippen LogP contribution is 2.42. The van der Waals surface area contributed by atoms with Gasteiger partial charge < -0.3 is 9.84 Å². The fourth-order valence-electron chi connectivity index (χ4n) is 4.56. The van der Waals surface area contributed by atoms with Crippen LogP contribution in [0.15, 0.2) is 36.7 Å². The number of hydrogen-bond acceptors (Lipinski definition) is 5. The molecule has 2 aliphatic rings. The predicted molar refractivity (Wildman–Crippen MR) is 101 cm³/mol. The minimum Gasteiger partial charge on any atom is -0.393 e. The number of hydrogen-bond donors (Lipinski definition) is 1. The summed E-state index contributed by atoms with van der Waals surface area (Å²) in [6, 6.07) is 8.52. The molecule has 1 aliphatic heterocycles. The third-order valence-electron chi connectivity index (χ3n) is 6.04. The number of fused-ring (bicyclic) bond motifs is 1. The van der Waals surface area contributed by atoms with E-state index < -0.39 is 0 Å². The maximum atomic E-state index is 10.1. The van der Waals surface area contributed by atoms with Crippen LogP contribution in [0.25, 0.3) is 11.4 Å². The number of aromatic nitrogens is 2. The summed E-state index contributed by atoms with van der Waals surface area (Å²) in [5.74, 6) is 0.762. The molecule has 1 aliphatic carbocycles. The van der Waals surface area contributed by atoms with Crippen molar-refractivity contribution in [1.82, 2.24) is 14.9 Å². The van der Waals surface area contributed by atoms with E-state index in [2.05, 4.69) is 33.9 Å². The van der Waals surface area contributed by atoms with Gasteiger partial charge in [-0.1, -0.05) is 23.8 Å². The van der Waals surface area contributed by atoms with Crippen molar-refractivity contribution in [2.45, 2.75) is 56.9 Å². The van der Waals surface area contributed by atoms with E-state index in [9.17, 15) is 5.11 Å². The predicted octanol–water partition coefficient (Wildman–Crippen LogP) is 2.96. The van der Waals surface area contributed by atoms with Crippen LogP contribution in [0.2, 0.25) is 0 Å². The third-order valence-corrected chi connectivity index (χ3v) is 6.04. The SMILES string of the molecule is CO[C@@]12CCC(O)CC1N(Cc1cnc(-c3cccc(C)c3)nc1)CC2. The van der Waals surface area contributed by atoms with E-state index in [0.717, 1.165) is 55.7 Å². The molecule has 2 aromatic rings. The summed E-state index contributed by atoms with van der Waals surface area (Å²) in [4.78, 5) is 11.6. The molecule has 0 radical (unpaired) electrons. The summed E-state index contributed by atoms with van der Waals surface area (Å²) >= 11 is 0. The van der Waals surface area contributed by atoms with Gasteiger partial charge in [-0.25, -0.2) is 9.97 Å². The van der Waals surface area contributed by atoms with Gasteiger partial charge in [0.15, 0.2) is 5.82 Å². The van der Waals surface area contributed by atoms with Crippen molar-refractivity contribution in [2.75, 3.05) is 13.7 Å². The van der Waals surface area contributed by atoms with Crippen molar-refractivity contribution in [2.24, 2.45) is 0 Å². The minimum atomic E-state index is -0.219. The molecule has 2 heterocycles. The summed E-state index contributed by atoms with van der Waals surface area (Å²) in [7, 11) is 1.81. The number of ether oxygens (including phenoxy) is 1. The van der Waals surface area contributed by atoms with Crippen LogP contribution < -0.4 is 0 Å². The van der Waals surface area contributed by atoms with E-state index in [0.29, 0.717) is 0 Å². The largest absolute Gasteiger partial charge is 0.393 e. The summed E-state index contributed by atoms with van der Waals surface area (Å²) in [5.41, 5.74) is 3.26. The second kappa shape index (κ2) is 7.06. The number of methoxy groups -OCH3 is 1. The highest BCUT2D eigenvalue weighted by atomic mass is 16.5. The van der Waals surface area contributed by atoms with E-state index in [1.807, 2.05) is 31.6 Å². The van der Waals surface area contributed by atoms with Crippen LogP contribution in [0.3, 0.4) is 0 Å². The zero-order valence-corrected chi connectivity index (χ0v) is 15.6. The number of likely N-dealkylation sites (tertiary alicyclic amines) is 1. The quantitative estimate of drug-likeness (QED) is 0.916. The van der Waals surface area contributed by atoms with Crippen molar-refractivity contribution in [1.29, 1.82) is 0 Å². The van der Waals surface area contributed by atoms with Crippen LogP contribution in [-0.2, 0) is 11.3 Å². The summed E-state index contributed by atoms with van der Waals surface area (Å²) in [5, 5.41) is 10.1. The van der Waals surface area contributed by atoms with Crippen LogP contribution in [0.5, 0.6) is 0 Å². The van der Waals surface area contributed by atoms with Crippen molar-refractivity contribution >= 4 is 0 Å². The highest BCUT2D eigenvalue weighted by Gasteiger charge is 2.50. The van der Waals surface area contributed by atoms with Crippen LogP contribution >= 0.6 is 0 Å². The van der Waals surface area contributed by atoms with Crippen molar-refractivity contribution in [3.63, 3.8) is 0 Å². The first-order valence-electron chi connectivity index (χ1n) is 9.45. The molecule has 0 spiro atoms. The molecule has 0 bridgehead atoms. The Morgan fingerprint density at radius 1 is 1.27 bits per heavy atom. The molecule has 3 atom stereocenters. The van der Waals surface area contributed by atoms with E-state index >= 15 is 0 Å². The van der Waals surface area contributed by atoms with E-state index in [1.165, 1.54) is 5.56 Å². The third kappa shape index (κ3) is 3.27. The van der Waals surface area contributed by atoms with Gasteiger partial charge in [0.1, 0.15) is 0 Å².